The molecule has 0 unspecified atom stereocenters. The number of nitrogens with zero attached hydrogens (tertiary/aromatic N) is 1. The van der Waals surface area contributed by atoms with Gasteiger partial charge >= 0.3 is 0 Å². The Labute approximate surface area is 134 Å². The Kier molecular flexibility index (Phi) is 3.30. The van der Waals surface area contributed by atoms with E-state index in [-0.39, 0.29) is 5.75 Å². The second kappa shape index (κ2) is 5.47. The number of rotatable bonds is 4. The van der Waals surface area contributed by atoms with Gasteiger partial charge in [-0.15, -0.1) is 0 Å². The minimum Gasteiger partial charge on any atom is -0.504 e. The van der Waals surface area contributed by atoms with E-state index in [0.717, 1.165) is 30.5 Å². The van der Waals surface area contributed by atoms with Crippen LogP contribution in [0.2, 0.25) is 0 Å². The minimum atomic E-state index is 0.175. The van der Waals surface area contributed by atoms with E-state index in [2.05, 4.69) is 34.5 Å². The largest absolute Gasteiger partial charge is 0.504 e. The van der Waals surface area contributed by atoms with E-state index in [1.54, 1.807) is 13.2 Å². The number of aryl methyl sites for hydroxylation is 2. The quantitative estimate of drug-likeness (QED) is 0.607. The van der Waals surface area contributed by atoms with Gasteiger partial charge in [0.1, 0.15) is 0 Å². The molecule has 0 saturated carbocycles. The van der Waals surface area contributed by atoms with Gasteiger partial charge in [0, 0.05) is 23.2 Å². The highest BCUT2D eigenvalue weighted by molar-refractivity contribution is 5.74. The van der Waals surface area contributed by atoms with E-state index in [0.29, 0.717) is 5.75 Å². The minimum absolute atomic E-state index is 0.175. The third-order valence-corrected chi connectivity index (χ3v) is 4.50. The van der Waals surface area contributed by atoms with Crippen molar-refractivity contribution in [2.24, 2.45) is 0 Å². The summed E-state index contributed by atoms with van der Waals surface area (Å²) in [4.78, 5) is 0. The molecule has 0 radical (unpaired) electrons. The first-order valence-electron chi connectivity index (χ1n) is 7.76. The molecule has 0 atom stereocenters. The van der Waals surface area contributed by atoms with Crippen molar-refractivity contribution >= 4 is 0 Å². The number of ether oxygens (including phenoxy) is 1. The van der Waals surface area contributed by atoms with Crippen molar-refractivity contribution in [3.8, 4) is 22.8 Å². The Morgan fingerprint density at radius 2 is 2.04 bits per heavy atom. The van der Waals surface area contributed by atoms with E-state index >= 15 is 0 Å². The van der Waals surface area contributed by atoms with Crippen LogP contribution in [-0.2, 0) is 19.3 Å². The number of aromatic amines is 1. The number of nitrogens with one attached hydrogen (secondary N) is 1. The lowest BCUT2D eigenvalue weighted by atomic mass is 10.0. The first kappa shape index (κ1) is 13.9. The lowest BCUT2D eigenvalue weighted by Gasteiger charge is -2.06. The summed E-state index contributed by atoms with van der Waals surface area (Å²) in [5.74, 6) is 0.693. The maximum Gasteiger partial charge on any atom is 0.160 e. The molecular formula is C19H18N2O2. The zero-order valence-corrected chi connectivity index (χ0v) is 13.0. The van der Waals surface area contributed by atoms with Crippen LogP contribution in [0.4, 0.5) is 0 Å². The second-order valence-corrected chi connectivity index (χ2v) is 5.87. The molecule has 1 aliphatic carbocycles. The molecule has 1 aliphatic rings. The van der Waals surface area contributed by atoms with E-state index in [9.17, 15) is 5.11 Å². The summed E-state index contributed by atoms with van der Waals surface area (Å²) in [6.07, 6.45) is 2.72. The SMILES string of the molecule is COc1cc(CCc2[nH]nc3c2Cc2ccccc2-3)ccc1O. The number of benzene rings is 2. The monoisotopic (exact) mass is 306 g/mol. The summed E-state index contributed by atoms with van der Waals surface area (Å²) in [6.45, 7) is 0. The van der Waals surface area contributed by atoms with Crippen molar-refractivity contribution in [2.45, 2.75) is 19.3 Å². The molecule has 2 aromatic carbocycles. The van der Waals surface area contributed by atoms with E-state index in [1.807, 2.05) is 12.1 Å². The summed E-state index contributed by atoms with van der Waals surface area (Å²) < 4.78 is 5.17. The van der Waals surface area contributed by atoms with Gasteiger partial charge in [0.2, 0.25) is 0 Å². The maximum absolute atomic E-state index is 9.67. The summed E-state index contributed by atoms with van der Waals surface area (Å²) in [6, 6.07) is 14.0. The average molecular weight is 306 g/mol. The van der Waals surface area contributed by atoms with Crippen LogP contribution in [0.3, 0.4) is 0 Å². The van der Waals surface area contributed by atoms with Crippen LogP contribution in [0.15, 0.2) is 42.5 Å². The fourth-order valence-electron chi connectivity index (χ4n) is 3.26. The predicted octanol–water partition coefficient (Wildman–Crippen LogP) is 3.48. The fraction of sp³-hybridized carbons (Fsp3) is 0.211. The second-order valence-electron chi connectivity index (χ2n) is 5.87. The molecule has 4 heteroatoms. The molecule has 0 saturated heterocycles. The van der Waals surface area contributed by atoms with Crippen LogP contribution >= 0.6 is 0 Å². The van der Waals surface area contributed by atoms with Gasteiger partial charge in [0.25, 0.3) is 0 Å². The van der Waals surface area contributed by atoms with Gasteiger partial charge in [-0.25, -0.2) is 0 Å². The van der Waals surface area contributed by atoms with Crippen molar-refractivity contribution in [2.75, 3.05) is 7.11 Å². The van der Waals surface area contributed by atoms with Crippen molar-refractivity contribution in [3.05, 3.63) is 64.8 Å². The fourth-order valence-corrected chi connectivity index (χ4v) is 3.26. The van der Waals surface area contributed by atoms with E-state index in [4.69, 9.17) is 4.74 Å². The number of hydrogen-bond acceptors (Lipinski definition) is 3. The summed E-state index contributed by atoms with van der Waals surface area (Å²) in [5, 5.41) is 17.4. The number of H-pyrrole nitrogens is 1. The molecule has 0 amide bonds. The highest BCUT2D eigenvalue weighted by atomic mass is 16.5. The molecule has 0 fully saturated rings. The summed E-state index contributed by atoms with van der Waals surface area (Å²) >= 11 is 0. The number of phenols is 1. The van der Waals surface area contributed by atoms with Gasteiger partial charge in [-0.05, 0) is 36.1 Å². The van der Waals surface area contributed by atoms with Crippen LogP contribution in [0, 0.1) is 0 Å². The Hall–Kier alpha value is -2.75. The van der Waals surface area contributed by atoms with Crippen LogP contribution < -0.4 is 4.74 Å². The summed E-state index contributed by atoms with van der Waals surface area (Å²) in [7, 11) is 1.57. The Morgan fingerprint density at radius 1 is 1.17 bits per heavy atom. The molecule has 0 bridgehead atoms. The standard InChI is InChI=1S/C19H18N2O2/c1-23-18-10-12(7-9-17(18)22)6-8-16-15-11-13-4-2-3-5-14(13)19(15)21-20-16/h2-5,7,9-10,22H,6,8,11H2,1H3,(H,20,21). The molecule has 1 aromatic heterocycles. The van der Waals surface area contributed by atoms with Gasteiger partial charge in [0.05, 0.1) is 12.8 Å². The van der Waals surface area contributed by atoms with Crippen molar-refractivity contribution in [3.63, 3.8) is 0 Å². The number of phenolic OH excluding ortho intramolecular Hbond substituents is 1. The molecule has 2 N–H and O–H groups in total. The highest BCUT2D eigenvalue weighted by Gasteiger charge is 2.23. The molecule has 4 rings (SSSR count). The Morgan fingerprint density at radius 3 is 2.91 bits per heavy atom. The molecule has 4 nitrogen and oxygen atoms in total. The van der Waals surface area contributed by atoms with Crippen LogP contribution in [0.1, 0.15) is 22.4 Å². The first-order valence-corrected chi connectivity index (χ1v) is 7.76. The maximum atomic E-state index is 9.67. The third kappa shape index (κ3) is 2.36. The molecule has 23 heavy (non-hydrogen) atoms. The van der Waals surface area contributed by atoms with Gasteiger partial charge in [0.15, 0.2) is 11.5 Å². The van der Waals surface area contributed by atoms with E-state index in [1.165, 1.54) is 22.4 Å². The van der Waals surface area contributed by atoms with E-state index < -0.39 is 0 Å². The topological polar surface area (TPSA) is 58.1 Å². The van der Waals surface area contributed by atoms with Gasteiger partial charge in [-0.3, -0.25) is 5.10 Å². The predicted molar refractivity (Wildman–Crippen MR) is 88.9 cm³/mol. The number of fused-ring (bicyclic) bond motifs is 3. The number of methoxy groups -OCH3 is 1. The zero-order valence-electron chi connectivity index (χ0n) is 13.0. The molecule has 116 valence electrons. The van der Waals surface area contributed by atoms with Crippen molar-refractivity contribution in [1.82, 2.24) is 10.2 Å². The Bertz CT molecular complexity index is 868. The molecule has 3 aromatic rings. The third-order valence-electron chi connectivity index (χ3n) is 4.50. The normalized spacial score (nSPS) is 12.0. The van der Waals surface area contributed by atoms with Crippen molar-refractivity contribution in [1.29, 1.82) is 0 Å². The molecular weight excluding hydrogens is 288 g/mol. The van der Waals surface area contributed by atoms with Crippen molar-refractivity contribution < 1.29 is 9.84 Å². The van der Waals surface area contributed by atoms with Gasteiger partial charge in [-0.1, -0.05) is 30.3 Å². The number of hydrogen-bond donors (Lipinski definition) is 2. The van der Waals surface area contributed by atoms with Crippen LogP contribution in [0.25, 0.3) is 11.3 Å². The Balaban J connectivity index is 1.55. The molecule has 0 aliphatic heterocycles. The molecule has 0 spiro atoms. The lowest BCUT2D eigenvalue weighted by molar-refractivity contribution is 0.373. The summed E-state index contributed by atoms with van der Waals surface area (Å²) in [5.41, 5.74) is 7.35. The zero-order chi connectivity index (χ0) is 15.8. The van der Waals surface area contributed by atoms with Gasteiger partial charge < -0.3 is 9.84 Å². The average Bonchev–Trinajstić information content (AvgIpc) is 3.13. The molecule has 1 heterocycles. The smallest absolute Gasteiger partial charge is 0.160 e. The highest BCUT2D eigenvalue weighted by Crippen LogP contribution is 2.36. The van der Waals surface area contributed by atoms with Gasteiger partial charge in [-0.2, -0.15) is 5.10 Å². The lowest BCUT2D eigenvalue weighted by Crippen LogP contribution is -1.96. The number of aromatic hydroxyl groups is 1. The number of aromatic nitrogens is 2. The van der Waals surface area contributed by atoms with Crippen LogP contribution in [0.5, 0.6) is 11.5 Å². The van der Waals surface area contributed by atoms with Crippen LogP contribution in [-0.4, -0.2) is 22.4 Å². The first-order chi connectivity index (χ1) is 11.3.